The molecule has 1 rings (SSSR count). The van der Waals surface area contributed by atoms with Gasteiger partial charge in [0.05, 0.1) is 6.61 Å². The third kappa shape index (κ3) is 1.21. The topological polar surface area (TPSA) is 26.3 Å². The highest BCUT2D eigenvalue weighted by atomic mass is 16.5. The van der Waals surface area contributed by atoms with Crippen LogP contribution in [0.15, 0.2) is 0 Å². The van der Waals surface area contributed by atoms with Gasteiger partial charge in [-0.3, -0.25) is 4.79 Å². The first-order chi connectivity index (χ1) is 4.69. The summed E-state index contributed by atoms with van der Waals surface area (Å²) >= 11 is 0. The summed E-state index contributed by atoms with van der Waals surface area (Å²) in [6.07, 6.45) is 2.79. The monoisotopic (exact) mass is 142 g/mol. The number of methoxy groups -OCH3 is 1. The van der Waals surface area contributed by atoms with E-state index in [4.69, 9.17) is 4.74 Å². The third-order valence-electron chi connectivity index (χ3n) is 2.27. The van der Waals surface area contributed by atoms with Crippen LogP contribution in [0.4, 0.5) is 0 Å². The molecule has 0 amide bonds. The van der Waals surface area contributed by atoms with Crippen molar-refractivity contribution in [3.63, 3.8) is 0 Å². The first-order valence-electron chi connectivity index (χ1n) is 3.71. The van der Waals surface area contributed by atoms with E-state index in [-0.39, 0.29) is 5.41 Å². The van der Waals surface area contributed by atoms with Crippen LogP contribution in [-0.4, -0.2) is 19.5 Å². The van der Waals surface area contributed by atoms with Crippen LogP contribution in [0.2, 0.25) is 0 Å². The van der Waals surface area contributed by atoms with E-state index in [1.165, 1.54) is 0 Å². The second kappa shape index (κ2) is 2.70. The van der Waals surface area contributed by atoms with Gasteiger partial charge in [-0.2, -0.15) is 0 Å². The van der Waals surface area contributed by atoms with E-state index in [9.17, 15) is 4.79 Å². The van der Waals surface area contributed by atoms with Crippen LogP contribution < -0.4 is 0 Å². The number of carbonyl (C=O) groups excluding carboxylic acids is 1. The Hall–Kier alpha value is -0.370. The van der Waals surface area contributed by atoms with Crippen LogP contribution in [-0.2, 0) is 9.53 Å². The lowest BCUT2D eigenvalue weighted by Crippen LogP contribution is -2.26. The lowest BCUT2D eigenvalue weighted by atomic mass is 9.89. The number of ether oxygens (including phenoxy) is 1. The first-order valence-corrected chi connectivity index (χ1v) is 3.71. The molecule has 1 unspecified atom stereocenters. The minimum Gasteiger partial charge on any atom is -0.384 e. The number of carbonyl (C=O) groups is 1. The Bertz CT molecular complexity index is 142. The average molecular weight is 142 g/mol. The van der Waals surface area contributed by atoms with E-state index < -0.39 is 0 Å². The molecule has 1 atom stereocenters. The summed E-state index contributed by atoms with van der Waals surface area (Å²) < 4.78 is 4.98. The van der Waals surface area contributed by atoms with Crippen molar-refractivity contribution in [1.82, 2.24) is 0 Å². The van der Waals surface area contributed by atoms with Gasteiger partial charge in [0.25, 0.3) is 0 Å². The molecule has 1 saturated carbocycles. The number of rotatable bonds is 2. The predicted molar refractivity (Wildman–Crippen MR) is 38.8 cm³/mol. The normalized spacial score (nSPS) is 33.2. The molecule has 0 aliphatic heterocycles. The summed E-state index contributed by atoms with van der Waals surface area (Å²) in [5.41, 5.74) is -0.158. The molecule has 0 aromatic carbocycles. The molecule has 0 spiro atoms. The van der Waals surface area contributed by atoms with Gasteiger partial charge in [-0.05, 0) is 12.8 Å². The summed E-state index contributed by atoms with van der Waals surface area (Å²) in [5, 5.41) is 0. The molecule has 1 aliphatic rings. The molecule has 0 N–H and O–H groups in total. The Kier molecular flexibility index (Phi) is 2.09. The number of ketones is 1. The number of hydrogen-bond donors (Lipinski definition) is 0. The molecule has 0 heterocycles. The summed E-state index contributed by atoms with van der Waals surface area (Å²) in [6.45, 7) is 2.58. The SMILES string of the molecule is COCC1(C)CCCC1=O. The molecule has 0 saturated heterocycles. The van der Waals surface area contributed by atoms with E-state index in [1.807, 2.05) is 6.92 Å². The number of hydrogen-bond acceptors (Lipinski definition) is 2. The Labute approximate surface area is 61.6 Å². The molecule has 10 heavy (non-hydrogen) atoms. The van der Waals surface area contributed by atoms with Gasteiger partial charge in [0.1, 0.15) is 5.78 Å². The largest absolute Gasteiger partial charge is 0.384 e. The Balaban J connectivity index is 2.57. The van der Waals surface area contributed by atoms with Crippen molar-refractivity contribution >= 4 is 5.78 Å². The summed E-state index contributed by atoms with van der Waals surface area (Å²) in [6, 6.07) is 0. The van der Waals surface area contributed by atoms with Gasteiger partial charge in [0.15, 0.2) is 0 Å². The summed E-state index contributed by atoms with van der Waals surface area (Å²) in [4.78, 5) is 11.2. The maximum Gasteiger partial charge on any atom is 0.141 e. The zero-order chi connectivity index (χ0) is 7.61. The van der Waals surface area contributed by atoms with Gasteiger partial charge >= 0.3 is 0 Å². The molecule has 0 aromatic heterocycles. The van der Waals surface area contributed by atoms with Crippen molar-refractivity contribution in [1.29, 1.82) is 0 Å². The van der Waals surface area contributed by atoms with Crippen LogP contribution in [0.3, 0.4) is 0 Å². The quantitative estimate of drug-likeness (QED) is 0.582. The van der Waals surface area contributed by atoms with Crippen LogP contribution in [0.1, 0.15) is 26.2 Å². The molecule has 2 heteroatoms. The summed E-state index contributed by atoms with van der Waals surface area (Å²) in [7, 11) is 1.65. The van der Waals surface area contributed by atoms with Crippen LogP contribution in [0, 0.1) is 5.41 Å². The second-order valence-electron chi connectivity index (χ2n) is 3.27. The zero-order valence-corrected chi connectivity index (χ0v) is 6.64. The highest BCUT2D eigenvalue weighted by Gasteiger charge is 2.36. The maximum absolute atomic E-state index is 11.2. The van der Waals surface area contributed by atoms with Crippen LogP contribution in [0.5, 0.6) is 0 Å². The first kappa shape index (κ1) is 7.73. The van der Waals surface area contributed by atoms with Gasteiger partial charge in [-0.25, -0.2) is 0 Å². The second-order valence-corrected chi connectivity index (χ2v) is 3.27. The van der Waals surface area contributed by atoms with Crippen LogP contribution in [0.25, 0.3) is 0 Å². The molecule has 0 bridgehead atoms. The maximum atomic E-state index is 11.2. The standard InChI is InChI=1S/C8H14O2/c1-8(6-10-2)5-3-4-7(8)9/h3-6H2,1-2H3. The smallest absolute Gasteiger partial charge is 0.141 e. The van der Waals surface area contributed by atoms with Crippen molar-refractivity contribution in [3.05, 3.63) is 0 Å². The minimum absolute atomic E-state index is 0.158. The average Bonchev–Trinajstić information content (AvgIpc) is 2.15. The van der Waals surface area contributed by atoms with Gasteiger partial charge in [0, 0.05) is 18.9 Å². The molecular weight excluding hydrogens is 128 g/mol. The number of Topliss-reactive ketones (excluding diaryl/α,β-unsaturated/α-hetero) is 1. The Morgan fingerprint density at radius 2 is 2.40 bits per heavy atom. The predicted octanol–water partition coefficient (Wildman–Crippen LogP) is 1.39. The van der Waals surface area contributed by atoms with Crippen molar-refractivity contribution in [2.24, 2.45) is 5.41 Å². The fourth-order valence-corrected chi connectivity index (χ4v) is 1.55. The van der Waals surface area contributed by atoms with Gasteiger partial charge in [-0.15, -0.1) is 0 Å². The highest BCUT2D eigenvalue weighted by Crippen LogP contribution is 2.33. The molecule has 0 aromatic rings. The molecular formula is C8H14O2. The van der Waals surface area contributed by atoms with E-state index in [2.05, 4.69) is 0 Å². The van der Waals surface area contributed by atoms with E-state index in [0.29, 0.717) is 12.4 Å². The molecule has 58 valence electrons. The molecule has 0 radical (unpaired) electrons. The lowest BCUT2D eigenvalue weighted by molar-refractivity contribution is -0.127. The van der Waals surface area contributed by atoms with Crippen LogP contribution >= 0.6 is 0 Å². The van der Waals surface area contributed by atoms with Gasteiger partial charge < -0.3 is 4.74 Å². The third-order valence-corrected chi connectivity index (χ3v) is 2.27. The van der Waals surface area contributed by atoms with Gasteiger partial charge in [0.2, 0.25) is 0 Å². The van der Waals surface area contributed by atoms with Crippen molar-refractivity contribution < 1.29 is 9.53 Å². The Morgan fingerprint density at radius 1 is 1.70 bits per heavy atom. The van der Waals surface area contributed by atoms with Crippen molar-refractivity contribution in [2.75, 3.05) is 13.7 Å². The zero-order valence-electron chi connectivity index (χ0n) is 6.64. The van der Waals surface area contributed by atoms with Crippen molar-refractivity contribution in [3.8, 4) is 0 Å². The highest BCUT2D eigenvalue weighted by molar-refractivity contribution is 5.86. The van der Waals surface area contributed by atoms with Crippen molar-refractivity contribution in [2.45, 2.75) is 26.2 Å². The lowest BCUT2D eigenvalue weighted by Gasteiger charge is -2.19. The van der Waals surface area contributed by atoms with Gasteiger partial charge in [-0.1, -0.05) is 6.92 Å². The molecule has 2 nitrogen and oxygen atoms in total. The van der Waals surface area contributed by atoms with E-state index >= 15 is 0 Å². The molecule has 1 aliphatic carbocycles. The summed E-state index contributed by atoms with van der Waals surface area (Å²) in [5.74, 6) is 0.370. The minimum atomic E-state index is -0.158. The fourth-order valence-electron chi connectivity index (χ4n) is 1.55. The Morgan fingerprint density at radius 3 is 2.80 bits per heavy atom. The van der Waals surface area contributed by atoms with E-state index in [0.717, 1.165) is 19.3 Å². The van der Waals surface area contributed by atoms with E-state index in [1.54, 1.807) is 7.11 Å². The molecule has 1 fully saturated rings. The fraction of sp³-hybridized carbons (Fsp3) is 0.875.